The van der Waals surface area contributed by atoms with E-state index in [0.717, 1.165) is 9.80 Å². The van der Waals surface area contributed by atoms with E-state index in [2.05, 4.69) is 0 Å². The lowest BCUT2D eigenvalue weighted by Crippen LogP contribution is -2.50. The quantitative estimate of drug-likeness (QED) is 0.307. The van der Waals surface area contributed by atoms with E-state index in [1.165, 1.54) is 26.7 Å². The fourth-order valence-electron chi connectivity index (χ4n) is 7.42. The van der Waals surface area contributed by atoms with Gasteiger partial charge in [0.1, 0.15) is 35.1 Å². The minimum atomic E-state index is -1.05. The Morgan fingerprint density at radius 1 is 0.523 bits per heavy atom. The zero-order chi connectivity index (χ0) is 30.3. The number of hydrazine groups is 1. The zero-order valence-corrected chi connectivity index (χ0v) is 23.6. The lowest BCUT2D eigenvalue weighted by atomic mass is 9.87. The van der Waals surface area contributed by atoms with Crippen LogP contribution in [0, 0.1) is 11.8 Å². The fraction of sp³-hybridized carbons (Fsp3) is 0.250. The van der Waals surface area contributed by atoms with Crippen molar-refractivity contribution in [2.75, 3.05) is 24.0 Å². The summed E-state index contributed by atoms with van der Waals surface area (Å²) in [6.07, 6.45) is 2.96. The van der Waals surface area contributed by atoms with E-state index in [-0.39, 0.29) is 0 Å². The van der Waals surface area contributed by atoms with Gasteiger partial charge >= 0.3 is 0 Å². The number of hydrogen-bond donors (Lipinski definition) is 0. The SMILES string of the molecule is COc1ccccc1N1C(=O)[C@@H]2[C@@H](C1=O)N1[C@H](c3ccco3)[C@@H]3C(=O)N(c4ccccc4OC)C(=O)[C@@H]3N1[C@@H]2c1ccco1. The molecule has 2 aromatic heterocycles. The van der Waals surface area contributed by atoms with Gasteiger partial charge in [-0.05, 0) is 48.5 Å². The van der Waals surface area contributed by atoms with E-state index in [9.17, 15) is 19.2 Å². The van der Waals surface area contributed by atoms with E-state index < -0.39 is 59.6 Å². The Hall–Kier alpha value is -5.20. The number of amides is 4. The molecule has 4 saturated heterocycles. The first kappa shape index (κ1) is 26.4. The predicted octanol–water partition coefficient (Wildman–Crippen LogP) is 3.33. The highest BCUT2D eigenvalue weighted by Gasteiger charge is 2.74. The molecule has 12 nitrogen and oxygen atoms in total. The third-order valence-corrected chi connectivity index (χ3v) is 9.05. The summed E-state index contributed by atoms with van der Waals surface area (Å²) >= 11 is 0. The second-order valence-corrected chi connectivity index (χ2v) is 11.0. The van der Waals surface area contributed by atoms with Crippen molar-refractivity contribution in [3.63, 3.8) is 0 Å². The molecular weight excluding hydrogens is 568 g/mol. The molecule has 0 radical (unpaired) electrons. The van der Waals surface area contributed by atoms with Gasteiger partial charge in [0.05, 0.1) is 62.0 Å². The van der Waals surface area contributed by atoms with Gasteiger partial charge in [-0.2, -0.15) is 0 Å². The van der Waals surface area contributed by atoms with Crippen LogP contribution in [0.15, 0.2) is 94.2 Å². The summed E-state index contributed by atoms with van der Waals surface area (Å²) in [5.74, 6) is -2.34. The number of imide groups is 2. The lowest BCUT2D eigenvalue weighted by Gasteiger charge is -2.34. The number of rotatable bonds is 6. The summed E-state index contributed by atoms with van der Waals surface area (Å²) in [6, 6.07) is 16.6. The van der Waals surface area contributed by atoms with Gasteiger partial charge < -0.3 is 18.3 Å². The van der Waals surface area contributed by atoms with Crippen LogP contribution in [0.2, 0.25) is 0 Å². The van der Waals surface area contributed by atoms with E-state index in [1.54, 1.807) is 82.8 Å². The Morgan fingerprint density at radius 2 is 0.932 bits per heavy atom. The molecule has 0 bridgehead atoms. The Balaban J connectivity index is 1.31. The molecule has 0 spiro atoms. The van der Waals surface area contributed by atoms with Gasteiger partial charge in [-0.15, -0.1) is 0 Å². The Morgan fingerprint density at radius 3 is 1.30 bits per heavy atom. The molecule has 4 aromatic rings. The van der Waals surface area contributed by atoms with E-state index in [1.807, 2.05) is 0 Å². The molecule has 222 valence electrons. The van der Waals surface area contributed by atoms with Crippen molar-refractivity contribution in [3.8, 4) is 11.5 Å². The largest absolute Gasteiger partial charge is 0.495 e. The topological polar surface area (TPSA) is 126 Å². The van der Waals surface area contributed by atoms with E-state index in [4.69, 9.17) is 18.3 Å². The highest BCUT2D eigenvalue weighted by Crippen LogP contribution is 2.60. The maximum absolute atomic E-state index is 14.4. The van der Waals surface area contributed by atoms with Crippen LogP contribution in [0.4, 0.5) is 11.4 Å². The van der Waals surface area contributed by atoms with Crippen LogP contribution in [-0.2, 0) is 19.2 Å². The number of anilines is 2. The van der Waals surface area contributed by atoms with Crippen LogP contribution in [0.5, 0.6) is 11.5 Å². The molecule has 0 unspecified atom stereocenters. The summed E-state index contributed by atoms with van der Waals surface area (Å²) in [7, 11) is 2.94. The predicted molar refractivity (Wildman–Crippen MR) is 152 cm³/mol. The zero-order valence-electron chi connectivity index (χ0n) is 23.6. The average Bonchev–Trinajstić information content (AvgIpc) is 3.88. The number of benzene rings is 2. The maximum Gasteiger partial charge on any atom is 0.253 e. The number of methoxy groups -OCH3 is 2. The molecular formula is C32H26N4O8. The van der Waals surface area contributed by atoms with Gasteiger partial charge in [-0.25, -0.2) is 19.8 Å². The van der Waals surface area contributed by atoms with E-state index >= 15 is 0 Å². The van der Waals surface area contributed by atoms with Gasteiger partial charge in [-0.1, -0.05) is 24.3 Å². The normalized spacial score (nSPS) is 28.1. The molecule has 4 aliphatic rings. The van der Waals surface area contributed by atoms with Crippen LogP contribution >= 0.6 is 0 Å². The monoisotopic (exact) mass is 594 g/mol. The first-order chi connectivity index (χ1) is 21.5. The smallest absolute Gasteiger partial charge is 0.253 e. The van der Waals surface area contributed by atoms with Crippen molar-refractivity contribution < 1.29 is 37.5 Å². The minimum Gasteiger partial charge on any atom is -0.495 e. The summed E-state index contributed by atoms with van der Waals surface area (Å²) in [5, 5.41) is 3.41. The first-order valence-corrected chi connectivity index (χ1v) is 14.1. The number of fused-ring (bicyclic) bond motifs is 5. The van der Waals surface area contributed by atoms with Crippen molar-refractivity contribution in [2.24, 2.45) is 11.8 Å². The maximum atomic E-state index is 14.4. The highest BCUT2D eigenvalue weighted by atomic mass is 16.5. The van der Waals surface area contributed by atoms with Crippen molar-refractivity contribution in [2.45, 2.75) is 24.2 Å². The molecule has 2 aromatic carbocycles. The van der Waals surface area contributed by atoms with Gasteiger partial charge in [-0.3, -0.25) is 19.2 Å². The van der Waals surface area contributed by atoms with E-state index in [0.29, 0.717) is 34.4 Å². The number of para-hydroxylation sites is 4. The lowest BCUT2D eigenvalue weighted by molar-refractivity contribution is -0.136. The molecule has 4 aliphatic heterocycles. The summed E-state index contributed by atoms with van der Waals surface area (Å²) in [4.78, 5) is 59.8. The van der Waals surface area contributed by atoms with Gasteiger partial charge in [0, 0.05) is 0 Å². The molecule has 6 heterocycles. The number of carbonyl (C=O) groups excluding carboxylic acids is 4. The van der Waals surface area contributed by atoms with Crippen LogP contribution in [-0.4, -0.2) is 59.9 Å². The third kappa shape index (κ3) is 3.34. The molecule has 0 saturated carbocycles. The van der Waals surface area contributed by atoms with Crippen molar-refractivity contribution in [1.82, 2.24) is 10.0 Å². The molecule has 4 amide bonds. The molecule has 0 N–H and O–H groups in total. The summed E-state index contributed by atoms with van der Waals surface area (Å²) < 4.78 is 22.7. The first-order valence-electron chi connectivity index (χ1n) is 14.1. The molecule has 6 atom stereocenters. The second-order valence-electron chi connectivity index (χ2n) is 11.0. The number of nitrogens with zero attached hydrogens (tertiary/aromatic N) is 4. The number of hydrogen-bond acceptors (Lipinski definition) is 10. The Kier molecular flexibility index (Phi) is 5.80. The second kappa shape index (κ2) is 9.66. The summed E-state index contributed by atoms with van der Waals surface area (Å²) in [6.45, 7) is 0. The molecule has 12 heteroatoms. The number of carbonyl (C=O) groups is 4. The van der Waals surface area contributed by atoms with Gasteiger partial charge in [0.2, 0.25) is 11.8 Å². The van der Waals surface area contributed by atoms with Crippen LogP contribution in [0.1, 0.15) is 23.6 Å². The molecule has 4 fully saturated rings. The Bertz CT molecular complexity index is 1670. The number of furan rings is 2. The average molecular weight is 595 g/mol. The van der Waals surface area contributed by atoms with Crippen molar-refractivity contribution in [3.05, 3.63) is 96.8 Å². The van der Waals surface area contributed by atoms with Crippen molar-refractivity contribution >= 4 is 35.0 Å². The molecule has 8 rings (SSSR count). The molecule has 0 aliphatic carbocycles. The summed E-state index contributed by atoms with van der Waals surface area (Å²) in [5.41, 5.74) is 0.625. The third-order valence-electron chi connectivity index (χ3n) is 9.05. The minimum absolute atomic E-state index is 0.313. The van der Waals surface area contributed by atoms with Crippen LogP contribution in [0.3, 0.4) is 0 Å². The number of ether oxygens (including phenoxy) is 2. The Labute approximate surface area is 250 Å². The van der Waals surface area contributed by atoms with Crippen molar-refractivity contribution in [1.29, 1.82) is 0 Å². The van der Waals surface area contributed by atoms with Crippen LogP contribution < -0.4 is 19.3 Å². The highest BCUT2D eigenvalue weighted by molar-refractivity contribution is 6.26. The fourth-order valence-corrected chi connectivity index (χ4v) is 7.42. The van der Waals surface area contributed by atoms with Crippen LogP contribution in [0.25, 0.3) is 0 Å². The van der Waals surface area contributed by atoms with Gasteiger partial charge in [0.15, 0.2) is 0 Å². The standard InChI is InChI=1S/C32H26N4O8/c1-41-19-11-5-3-9-17(19)33-29(37)23-25(21-13-7-15-43-21)36-28-24(26(22-14-8-16-44-22)35(36)27(23)31(33)39)30(38)34(32(28)40)18-10-4-6-12-20(18)42-2/h3-16,23-28H,1-2H3/t23-,24-,25+,26+,27-,28+/m0/s1. The van der Waals surface area contributed by atoms with Gasteiger partial charge in [0.25, 0.3) is 11.8 Å². The molecule has 44 heavy (non-hydrogen) atoms.